The molecule has 1 aromatic carbocycles. The van der Waals surface area contributed by atoms with Crippen molar-refractivity contribution in [2.75, 3.05) is 27.2 Å². The fourth-order valence-corrected chi connectivity index (χ4v) is 3.04. The SMILES string of the molecule is CN(C)CCNC=C1C(=O)CC(c2cc(C(F)(F)F)ccc2Cl)CC1=O. The average Bonchev–Trinajstić information content (AvgIpc) is 2.52. The number of carbonyl (C=O) groups is 2. The number of nitrogens with one attached hydrogen (secondary N) is 1. The van der Waals surface area contributed by atoms with Gasteiger partial charge in [-0.05, 0) is 43.8 Å². The van der Waals surface area contributed by atoms with Crippen LogP contribution in [0.5, 0.6) is 0 Å². The molecule has 0 amide bonds. The lowest BCUT2D eigenvalue weighted by atomic mass is 9.80. The second kappa shape index (κ2) is 8.22. The number of rotatable bonds is 5. The Kier molecular flexibility index (Phi) is 6.47. The minimum Gasteiger partial charge on any atom is -0.389 e. The lowest BCUT2D eigenvalue weighted by Crippen LogP contribution is -2.28. The normalized spacial score (nSPS) is 18.4. The lowest BCUT2D eigenvalue weighted by Gasteiger charge is -2.24. The van der Waals surface area contributed by atoms with Crippen LogP contribution in [0.3, 0.4) is 0 Å². The first-order valence-corrected chi connectivity index (χ1v) is 8.48. The number of hydrogen-bond acceptors (Lipinski definition) is 4. The van der Waals surface area contributed by atoms with E-state index in [2.05, 4.69) is 5.32 Å². The van der Waals surface area contributed by atoms with Gasteiger partial charge in [-0.3, -0.25) is 9.59 Å². The molecule has 0 atom stereocenters. The molecule has 0 radical (unpaired) electrons. The number of benzene rings is 1. The van der Waals surface area contributed by atoms with Crippen LogP contribution in [-0.2, 0) is 15.8 Å². The molecule has 0 bridgehead atoms. The smallest absolute Gasteiger partial charge is 0.389 e. The van der Waals surface area contributed by atoms with E-state index in [0.29, 0.717) is 6.54 Å². The molecule has 1 fully saturated rings. The molecule has 1 aliphatic carbocycles. The van der Waals surface area contributed by atoms with Gasteiger partial charge in [0.25, 0.3) is 0 Å². The summed E-state index contributed by atoms with van der Waals surface area (Å²) in [7, 11) is 3.80. The summed E-state index contributed by atoms with van der Waals surface area (Å²) in [6, 6.07) is 2.97. The first-order chi connectivity index (χ1) is 12.1. The van der Waals surface area contributed by atoms with Gasteiger partial charge in [0.15, 0.2) is 11.6 Å². The Balaban J connectivity index is 2.15. The molecule has 8 heteroatoms. The number of Topliss-reactive ketones (excluding diaryl/α,β-unsaturated/α-hetero) is 2. The number of allylic oxidation sites excluding steroid dienone is 1. The zero-order valence-corrected chi connectivity index (χ0v) is 15.2. The summed E-state index contributed by atoms with van der Waals surface area (Å²) in [5.74, 6) is -1.43. The van der Waals surface area contributed by atoms with E-state index in [1.165, 1.54) is 6.20 Å². The third-order valence-electron chi connectivity index (χ3n) is 4.18. The number of hydrogen-bond donors (Lipinski definition) is 1. The van der Waals surface area contributed by atoms with Crippen LogP contribution in [0.1, 0.15) is 29.9 Å². The zero-order chi connectivity index (χ0) is 19.5. The van der Waals surface area contributed by atoms with Gasteiger partial charge in [-0.1, -0.05) is 11.6 Å². The molecule has 4 nitrogen and oxygen atoms in total. The van der Waals surface area contributed by atoms with Gasteiger partial charge in [-0.15, -0.1) is 0 Å². The Morgan fingerprint density at radius 1 is 1.23 bits per heavy atom. The van der Waals surface area contributed by atoms with E-state index in [1.54, 1.807) is 0 Å². The maximum Gasteiger partial charge on any atom is 0.416 e. The number of alkyl halides is 3. The van der Waals surface area contributed by atoms with Crippen LogP contribution in [0.4, 0.5) is 13.2 Å². The van der Waals surface area contributed by atoms with E-state index in [1.807, 2.05) is 19.0 Å². The quantitative estimate of drug-likeness (QED) is 0.477. The van der Waals surface area contributed by atoms with Crippen LogP contribution < -0.4 is 5.32 Å². The number of likely N-dealkylation sites (N-methyl/N-ethyl adjacent to an activating group) is 1. The summed E-state index contributed by atoms with van der Waals surface area (Å²) in [5, 5.41) is 3.05. The first kappa shape index (κ1) is 20.5. The molecule has 0 aromatic heterocycles. The zero-order valence-electron chi connectivity index (χ0n) is 14.5. The molecule has 26 heavy (non-hydrogen) atoms. The Morgan fingerprint density at radius 3 is 2.38 bits per heavy atom. The monoisotopic (exact) mass is 388 g/mol. The minimum absolute atomic E-state index is 0.0477. The number of ketones is 2. The second-order valence-electron chi connectivity index (χ2n) is 6.50. The molecular formula is C18H20ClF3N2O2. The van der Waals surface area contributed by atoms with Crippen LogP contribution >= 0.6 is 11.6 Å². The molecule has 1 aliphatic rings. The number of nitrogens with zero attached hydrogens (tertiary/aromatic N) is 1. The molecule has 142 valence electrons. The number of halogens is 4. The fraction of sp³-hybridized carbons (Fsp3) is 0.444. The maximum absolute atomic E-state index is 12.9. The summed E-state index contributed by atoms with van der Waals surface area (Å²) in [4.78, 5) is 26.6. The molecule has 1 N–H and O–H groups in total. The third-order valence-corrected chi connectivity index (χ3v) is 4.52. The van der Waals surface area contributed by atoms with Gasteiger partial charge in [-0.2, -0.15) is 13.2 Å². The molecule has 1 saturated carbocycles. The summed E-state index contributed by atoms with van der Waals surface area (Å²) in [6.45, 7) is 1.30. The van der Waals surface area contributed by atoms with Crippen molar-refractivity contribution in [1.29, 1.82) is 0 Å². The van der Waals surface area contributed by atoms with Crippen molar-refractivity contribution in [2.45, 2.75) is 24.9 Å². The van der Waals surface area contributed by atoms with Gasteiger partial charge in [0.1, 0.15) is 0 Å². The summed E-state index contributed by atoms with van der Waals surface area (Å²) >= 11 is 6.02. The molecule has 2 rings (SSSR count). The molecule has 0 saturated heterocycles. The van der Waals surface area contributed by atoms with Crippen molar-refractivity contribution >= 4 is 23.2 Å². The van der Waals surface area contributed by atoms with Crippen molar-refractivity contribution in [3.63, 3.8) is 0 Å². The molecule has 0 aliphatic heterocycles. The summed E-state index contributed by atoms with van der Waals surface area (Å²) in [5.41, 5.74) is -0.602. The van der Waals surface area contributed by atoms with Gasteiger partial charge in [0.2, 0.25) is 0 Å². The average molecular weight is 389 g/mol. The largest absolute Gasteiger partial charge is 0.416 e. The van der Waals surface area contributed by atoms with Gasteiger partial charge in [0.05, 0.1) is 11.1 Å². The van der Waals surface area contributed by atoms with Crippen molar-refractivity contribution in [3.05, 3.63) is 46.1 Å². The Bertz CT molecular complexity index is 710. The van der Waals surface area contributed by atoms with Crippen molar-refractivity contribution in [2.24, 2.45) is 0 Å². The van der Waals surface area contributed by atoms with Crippen LogP contribution in [0.25, 0.3) is 0 Å². The molecule has 0 spiro atoms. The highest BCUT2D eigenvalue weighted by Gasteiger charge is 2.35. The van der Waals surface area contributed by atoms with E-state index in [0.717, 1.165) is 24.7 Å². The standard InChI is InChI=1S/C18H20ClF3N2O2/c1-24(2)6-5-23-10-14-16(25)7-11(8-17(14)26)13-9-12(18(20,21)22)3-4-15(13)19/h3-4,9-11,23H,5-8H2,1-2H3. The van der Waals surface area contributed by atoms with Crippen LogP contribution in [-0.4, -0.2) is 43.7 Å². The van der Waals surface area contributed by atoms with E-state index < -0.39 is 29.2 Å². The van der Waals surface area contributed by atoms with E-state index >= 15 is 0 Å². The van der Waals surface area contributed by atoms with Gasteiger partial charge in [-0.25, -0.2) is 0 Å². The van der Waals surface area contributed by atoms with Crippen LogP contribution in [0, 0.1) is 0 Å². The maximum atomic E-state index is 12.9. The fourth-order valence-electron chi connectivity index (χ4n) is 2.77. The first-order valence-electron chi connectivity index (χ1n) is 8.11. The predicted molar refractivity (Wildman–Crippen MR) is 93.1 cm³/mol. The minimum atomic E-state index is -4.51. The molecule has 0 heterocycles. The highest BCUT2D eigenvalue weighted by molar-refractivity contribution is 6.31. The van der Waals surface area contributed by atoms with Crippen molar-refractivity contribution in [1.82, 2.24) is 10.2 Å². The van der Waals surface area contributed by atoms with E-state index in [-0.39, 0.29) is 29.0 Å². The molecule has 1 aromatic rings. The number of carbonyl (C=O) groups excluding carboxylic acids is 2. The predicted octanol–water partition coefficient (Wildman–Crippen LogP) is 3.41. The Hall–Kier alpha value is -1.86. The van der Waals surface area contributed by atoms with Gasteiger partial charge in [0, 0.05) is 37.2 Å². The van der Waals surface area contributed by atoms with Crippen molar-refractivity contribution < 1.29 is 22.8 Å². The van der Waals surface area contributed by atoms with Crippen LogP contribution in [0.2, 0.25) is 5.02 Å². The third kappa shape index (κ3) is 5.08. The molecular weight excluding hydrogens is 369 g/mol. The molecule has 0 unspecified atom stereocenters. The highest BCUT2D eigenvalue weighted by Crippen LogP contribution is 2.39. The topological polar surface area (TPSA) is 49.4 Å². The van der Waals surface area contributed by atoms with Gasteiger partial charge >= 0.3 is 6.18 Å². The lowest BCUT2D eigenvalue weighted by molar-refractivity contribution is -0.137. The summed E-state index contributed by atoms with van der Waals surface area (Å²) < 4.78 is 38.7. The highest BCUT2D eigenvalue weighted by atomic mass is 35.5. The Labute approximate surface area is 155 Å². The van der Waals surface area contributed by atoms with Crippen molar-refractivity contribution in [3.8, 4) is 0 Å². The van der Waals surface area contributed by atoms with E-state index in [9.17, 15) is 22.8 Å². The second-order valence-corrected chi connectivity index (χ2v) is 6.91. The van der Waals surface area contributed by atoms with Gasteiger partial charge < -0.3 is 10.2 Å². The van der Waals surface area contributed by atoms with E-state index in [4.69, 9.17) is 11.6 Å². The van der Waals surface area contributed by atoms with Crippen LogP contribution in [0.15, 0.2) is 30.0 Å². The Morgan fingerprint density at radius 2 is 1.85 bits per heavy atom. The summed E-state index contributed by atoms with van der Waals surface area (Å²) in [6.07, 6.45) is -3.20.